The Balaban J connectivity index is 2.28. The molecule has 1 fully saturated rings. The van der Waals surface area contributed by atoms with Crippen molar-refractivity contribution in [1.29, 1.82) is 10.5 Å². The van der Waals surface area contributed by atoms with Gasteiger partial charge in [0.2, 0.25) is 0 Å². The molecule has 2 atom stereocenters. The Bertz CT molecular complexity index is 541. The first-order chi connectivity index (χ1) is 9.13. The molecule has 1 aliphatic rings. The number of morpholine rings is 1. The average Bonchev–Trinajstić information content (AvgIpc) is 2.82. The zero-order valence-electron chi connectivity index (χ0n) is 10.7. The van der Waals surface area contributed by atoms with Crippen LogP contribution in [-0.2, 0) is 4.74 Å². The Hall–Kier alpha value is -1.96. The van der Waals surface area contributed by atoms with E-state index in [0.29, 0.717) is 5.69 Å². The van der Waals surface area contributed by atoms with Crippen molar-refractivity contribution < 1.29 is 4.74 Å². The lowest BCUT2D eigenvalue weighted by molar-refractivity contribution is -0.00502. The van der Waals surface area contributed by atoms with E-state index in [2.05, 4.69) is 14.5 Å². The van der Waals surface area contributed by atoms with E-state index in [1.54, 1.807) is 0 Å². The van der Waals surface area contributed by atoms with Crippen molar-refractivity contribution in [2.75, 3.05) is 18.0 Å². The Labute approximate surface area is 115 Å². The molecule has 1 aromatic rings. The van der Waals surface area contributed by atoms with Crippen LogP contribution in [0.4, 0.5) is 5.00 Å². The number of hydrogen-bond donors (Lipinski definition) is 0. The molecule has 6 nitrogen and oxygen atoms in total. The van der Waals surface area contributed by atoms with Crippen LogP contribution in [0.3, 0.4) is 0 Å². The molecule has 19 heavy (non-hydrogen) atoms. The third-order valence-corrected chi connectivity index (χ3v) is 3.53. The van der Waals surface area contributed by atoms with E-state index in [4.69, 9.17) is 15.3 Å². The van der Waals surface area contributed by atoms with Crippen LogP contribution >= 0.6 is 11.5 Å². The molecule has 0 aliphatic carbocycles. The Kier molecular flexibility index (Phi) is 4.10. The predicted molar refractivity (Wildman–Crippen MR) is 71.3 cm³/mol. The lowest BCUT2D eigenvalue weighted by Gasteiger charge is -2.35. The van der Waals surface area contributed by atoms with Crippen LogP contribution in [0, 0.1) is 22.7 Å². The Morgan fingerprint density at radius 1 is 1.37 bits per heavy atom. The number of ether oxygens (including phenoxy) is 1. The number of aromatic nitrogens is 2. The van der Waals surface area contributed by atoms with Gasteiger partial charge in [0, 0.05) is 24.6 Å². The van der Waals surface area contributed by atoms with E-state index in [1.807, 2.05) is 26.0 Å². The highest BCUT2D eigenvalue weighted by Gasteiger charge is 2.25. The van der Waals surface area contributed by atoms with Crippen molar-refractivity contribution >= 4 is 22.6 Å². The Morgan fingerprint density at radius 3 is 2.58 bits per heavy atom. The number of nitriles is 2. The monoisotopic (exact) mass is 275 g/mol. The third-order valence-electron chi connectivity index (χ3n) is 2.72. The summed E-state index contributed by atoms with van der Waals surface area (Å²) in [5.41, 5.74) is 0.604. The van der Waals surface area contributed by atoms with Gasteiger partial charge in [-0.1, -0.05) is 4.49 Å². The van der Waals surface area contributed by atoms with E-state index in [1.165, 1.54) is 17.6 Å². The van der Waals surface area contributed by atoms with Crippen LogP contribution < -0.4 is 4.90 Å². The van der Waals surface area contributed by atoms with Crippen molar-refractivity contribution in [3.63, 3.8) is 0 Å². The van der Waals surface area contributed by atoms with Gasteiger partial charge in [0.15, 0.2) is 0 Å². The van der Waals surface area contributed by atoms with E-state index in [0.717, 1.165) is 18.1 Å². The molecule has 0 N–H and O–H groups in total. The smallest absolute Gasteiger partial charge is 0.140 e. The first-order valence-electron chi connectivity index (χ1n) is 5.88. The lowest BCUT2D eigenvalue weighted by Crippen LogP contribution is -2.45. The molecular weight excluding hydrogens is 262 g/mol. The number of allylic oxidation sites excluding steroid dienone is 1. The van der Waals surface area contributed by atoms with Crippen LogP contribution in [0.2, 0.25) is 0 Å². The topological polar surface area (TPSA) is 85.8 Å². The number of nitrogens with zero attached hydrogens (tertiary/aromatic N) is 5. The normalized spacial score (nSPS) is 22.4. The summed E-state index contributed by atoms with van der Waals surface area (Å²) >= 11 is 1.27. The minimum atomic E-state index is 0.0308. The fraction of sp³-hybridized carbons (Fsp3) is 0.500. The van der Waals surface area contributed by atoms with Crippen molar-refractivity contribution in [3.05, 3.63) is 11.3 Å². The molecule has 2 rings (SSSR count). The summed E-state index contributed by atoms with van der Waals surface area (Å²) < 4.78 is 9.59. The zero-order valence-corrected chi connectivity index (χ0v) is 11.5. The molecule has 0 spiro atoms. The molecule has 0 saturated carbocycles. The minimum absolute atomic E-state index is 0.0308. The number of rotatable bonds is 2. The fourth-order valence-electron chi connectivity index (χ4n) is 2.07. The van der Waals surface area contributed by atoms with Gasteiger partial charge in [-0.15, -0.1) is 5.10 Å². The molecule has 0 bridgehead atoms. The first kappa shape index (κ1) is 13.5. The summed E-state index contributed by atoms with van der Waals surface area (Å²) in [6.07, 6.45) is 1.74. The maximum atomic E-state index is 8.79. The highest BCUT2D eigenvalue weighted by atomic mass is 32.1. The summed E-state index contributed by atoms with van der Waals surface area (Å²) in [6, 6.07) is 3.66. The zero-order chi connectivity index (χ0) is 13.8. The summed E-state index contributed by atoms with van der Waals surface area (Å²) in [5.74, 6) is 0. The summed E-state index contributed by atoms with van der Waals surface area (Å²) in [5, 5.41) is 22.4. The maximum absolute atomic E-state index is 8.79. The highest BCUT2D eigenvalue weighted by molar-refractivity contribution is 7.10. The van der Waals surface area contributed by atoms with Gasteiger partial charge in [0.25, 0.3) is 0 Å². The van der Waals surface area contributed by atoms with Crippen LogP contribution in [0.25, 0.3) is 6.08 Å². The Morgan fingerprint density at radius 2 is 2.00 bits per heavy atom. The van der Waals surface area contributed by atoms with E-state index < -0.39 is 0 Å². The lowest BCUT2D eigenvalue weighted by atomic mass is 10.2. The molecule has 0 unspecified atom stereocenters. The van der Waals surface area contributed by atoms with E-state index >= 15 is 0 Å². The summed E-state index contributed by atoms with van der Waals surface area (Å²) in [7, 11) is 0. The molecule has 7 heteroatoms. The van der Waals surface area contributed by atoms with E-state index in [9.17, 15) is 0 Å². The second kappa shape index (κ2) is 5.79. The van der Waals surface area contributed by atoms with Crippen LogP contribution in [-0.4, -0.2) is 34.9 Å². The van der Waals surface area contributed by atoms with Gasteiger partial charge in [-0.05, 0) is 19.9 Å². The van der Waals surface area contributed by atoms with Crippen molar-refractivity contribution in [2.45, 2.75) is 26.1 Å². The van der Waals surface area contributed by atoms with Gasteiger partial charge >= 0.3 is 0 Å². The summed E-state index contributed by atoms with van der Waals surface area (Å²) in [6.45, 7) is 5.54. The standard InChI is InChI=1S/C12H13N5OS/c1-8-6-17(7-9(2)18-8)12-11(15-16-19-12)3-10(4-13)5-14/h3,8-9H,6-7H2,1-2H3/t8-,9-/m0/s1. The quantitative estimate of drug-likeness (QED) is 0.762. The van der Waals surface area contributed by atoms with Gasteiger partial charge in [-0.2, -0.15) is 10.5 Å². The van der Waals surface area contributed by atoms with Gasteiger partial charge < -0.3 is 9.64 Å². The van der Waals surface area contributed by atoms with E-state index in [-0.39, 0.29) is 17.8 Å². The first-order valence-corrected chi connectivity index (χ1v) is 6.66. The molecule has 0 aromatic carbocycles. The van der Waals surface area contributed by atoms with Gasteiger partial charge in [-0.25, -0.2) is 0 Å². The van der Waals surface area contributed by atoms with Gasteiger partial charge in [0.05, 0.1) is 12.2 Å². The fourth-order valence-corrected chi connectivity index (χ4v) is 2.74. The molecule has 1 saturated heterocycles. The molecule has 0 amide bonds. The second-order valence-corrected chi connectivity index (χ2v) is 5.14. The number of hydrogen-bond acceptors (Lipinski definition) is 7. The van der Waals surface area contributed by atoms with Crippen molar-refractivity contribution in [1.82, 2.24) is 9.59 Å². The predicted octanol–water partition coefficient (Wildman–Crippen LogP) is 1.58. The van der Waals surface area contributed by atoms with Crippen LogP contribution in [0.15, 0.2) is 5.57 Å². The largest absolute Gasteiger partial charge is 0.372 e. The summed E-state index contributed by atoms with van der Waals surface area (Å²) in [4.78, 5) is 2.14. The maximum Gasteiger partial charge on any atom is 0.140 e. The molecule has 0 radical (unpaired) electrons. The SMILES string of the molecule is C[C@H]1CN(c2snnc2C=C(C#N)C#N)C[C@H](C)O1. The molecule has 1 aromatic heterocycles. The van der Waals surface area contributed by atoms with Gasteiger partial charge in [-0.3, -0.25) is 0 Å². The highest BCUT2D eigenvalue weighted by Crippen LogP contribution is 2.28. The third kappa shape index (κ3) is 3.08. The second-order valence-electron chi connectivity index (χ2n) is 4.41. The molecule has 98 valence electrons. The van der Waals surface area contributed by atoms with Crippen LogP contribution in [0.1, 0.15) is 19.5 Å². The van der Waals surface area contributed by atoms with Crippen LogP contribution in [0.5, 0.6) is 0 Å². The van der Waals surface area contributed by atoms with Gasteiger partial charge in [0.1, 0.15) is 28.4 Å². The minimum Gasteiger partial charge on any atom is -0.372 e. The van der Waals surface area contributed by atoms with Crippen molar-refractivity contribution in [3.8, 4) is 12.1 Å². The molecule has 2 heterocycles. The molecule has 1 aliphatic heterocycles. The number of anilines is 1. The average molecular weight is 275 g/mol. The molecular formula is C12H13N5OS. The van der Waals surface area contributed by atoms with Crippen molar-refractivity contribution in [2.24, 2.45) is 0 Å².